The van der Waals surface area contributed by atoms with Crippen LogP contribution in [0, 0.1) is 29.1 Å². The molecule has 0 radical (unpaired) electrons. The van der Waals surface area contributed by atoms with Gasteiger partial charge in [-0.1, -0.05) is 43.8 Å². The largest absolute Gasteiger partial charge is 0.414 e. The average Bonchev–Trinajstić information content (AvgIpc) is 2.73. The highest BCUT2D eigenvalue weighted by molar-refractivity contribution is 6.69. The van der Waals surface area contributed by atoms with Gasteiger partial charge in [-0.25, -0.2) is 0 Å². The molecule has 0 amide bonds. The molecule has 1 N–H and O–H groups in total. The van der Waals surface area contributed by atoms with Crippen LogP contribution in [0.5, 0.6) is 0 Å². The van der Waals surface area contributed by atoms with Crippen LogP contribution in [0.15, 0.2) is 11.6 Å². The van der Waals surface area contributed by atoms with E-state index in [0.29, 0.717) is 17.9 Å². The highest BCUT2D eigenvalue weighted by Gasteiger charge is 2.49. The molecule has 2 aliphatic rings. The number of fused-ring (bicyclic) bond motifs is 1. The van der Waals surface area contributed by atoms with Gasteiger partial charge in [-0.3, -0.25) is 0 Å². The van der Waals surface area contributed by atoms with Crippen molar-refractivity contribution < 1.29 is 9.53 Å². The molecule has 0 aromatic rings. The van der Waals surface area contributed by atoms with Gasteiger partial charge in [0.25, 0.3) is 0 Å². The first-order valence-electron chi connectivity index (χ1n) is 9.53. The quantitative estimate of drug-likeness (QED) is 0.433. The molecule has 1 saturated carbocycles. The molecule has 0 aromatic carbocycles. The number of hydrogen-bond acceptors (Lipinski definition) is 2. The zero-order valence-corrected chi connectivity index (χ0v) is 17.7. The van der Waals surface area contributed by atoms with Crippen LogP contribution in [0.4, 0.5) is 0 Å². The Hall–Kier alpha value is -0.563. The van der Waals surface area contributed by atoms with E-state index >= 15 is 0 Å². The van der Waals surface area contributed by atoms with E-state index in [1.165, 1.54) is 19.3 Å². The maximum Gasteiger partial charge on any atom is 0.184 e. The van der Waals surface area contributed by atoms with Gasteiger partial charge >= 0.3 is 0 Å². The summed E-state index contributed by atoms with van der Waals surface area (Å²) in [5.74, 6) is 7.25. The highest BCUT2D eigenvalue weighted by Crippen LogP contribution is 2.55. The maximum atomic E-state index is 9.78. The SMILES string of the molecule is C[C@@H](CC#CC(C)(C)O)C1=CC[C@H]2[C@@H](O[Si](C)(C)C)CCC[C@]12C. The summed E-state index contributed by atoms with van der Waals surface area (Å²) in [6.07, 6.45) is 8.66. The van der Waals surface area contributed by atoms with Crippen LogP contribution in [-0.4, -0.2) is 25.1 Å². The maximum absolute atomic E-state index is 9.78. The predicted octanol–water partition coefficient (Wildman–Crippen LogP) is 5.14. The average molecular weight is 349 g/mol. The second-order valence-electron chi connectivity index (χ2n) is 9.55. The van der Waals surface area contributed by atoms with Crippen LogP contribution >= 0.6 is 0 Å². The summed E-state index contributed by atoms with van der Waals surface area (Å²) in [5.41, 5.74) is 0.969. The van der Waals surface area contributed by atoms with Gasteiger partial charge in [0.15, 0.2) is 8.32 Å². The Morgan fingerprint density at radius 1 is 1.42 bits per heavy atom. The zero-order chi connectivity index (χ0) is 18.2. The van der Waals surface area contributed by atoms with E-state index in [9.17, 15) is 5.11 Å². The Kier molecular flexibility index (Phi) is 5.75. The van der Waals surface area contributed by atoms with Crippen LogP contribution in [0.3, 0.4) is 0 Å². The van der Waals surface area contributed by atoms with E-state index in [1.807, 2.05) is 0 Å². The van der Waals surface area contributed by atoms with Crippen molar-refractivity contribution in [2.45, 2.75) is 91.1 Å². The van der Waals surface area contributed by atoms with Gasteiger partial charge in [-0.2, -0.15) is 0 Å². The summed E-state index contributed by atoms with van der Waals surface area (Å²) in [4.78, 5) is 0. The van der Waals surface area contributed by atoms with E-state index in [0.717, 1.165) is 12.8 Å². The van der Waals surface area contributed by atoms with E-state index in [4.69, 9.17) is 4.43 Å². The molecule has 0 unspecified atom stereocenters. The molecule has 3 heteroatoms. The van der Waals surface area contributed by atoms with Crippen LogP contribution in [0.25, 0.3) is 0 Å². The molecule has 136 valence electrons. The Bertz CT molecular complexity index is 541. The fourth-order valence-electron chi connectivity index (χ4n) is 4.61. The molecule has 4 atom stereocenters. The smallest absolute Gasteiger partial charge is 0.184 e. The topological polar surface area (TPSA) is 29.5 Å². The summed E-state index contributed by atoms with van der Waals surface area (Å²) in [6.45, 7) is 15.1. The minimum atomic E-state index is -1.50. The molecular formula is C21H36O2Si. The first-order chi connectivity index (χ1) is 10.9. The second kappa shape index (κ2) is 6.98. The third kappa shape index (κ3) is 4.75. The van der Waals surface area contributed by atoms with Crippen molar-refractivity contribution >= 4 is 8.32 Å². The zero-order valence-electron chi connectivity index (χ0n) is 16.7. The lowest BCUT2D eigenvalue weighted by atomic mass is 9.63. The van der Waals surface area contributed by atoms with Crippen LogP contribution in [-0.2, 0) is 4.43 Å². The third-order valence-corrected chi connectivity index (χ3v) is 6.55. The van der Waals surface area contributed by atoms with Crippen molar-refractivity contribution in [3.63, 3.8) is 0 Å². The fraction of sp³-hybridized carbons (Fsp3) is 0.810. The van der Waals surface area contributed by atoms with E-state index in [-0.39, 0.29) is 5.41 Å². The van der Waals surface area contributed by atoms with E-state index in [1.54, 1.807) is 19.4 Å². The van der Waals surface area contributed by atoms with Gasteiger partial charge < -0.3 is 9.53 Å². The Labute approximate surface area is 150 Å². The highest BCUT2D eigenvalue weighted by atomic mass is 28.4. The first-order valence-corrected chi connectivity index (χ1v) is 12.9. The Morgan fingerprint density at radius 2 is 2.08 bits per heavy atom. The molecule has 0 saturated heterocycles. The lowest BCUT2D eigenvalue weighted by molar-refractivity contribution is 0.0203. The first kappa shape index (κ1) is 19.8. The second-order valence-corrected chi connectivity index (χ2v) is 14.0. The fourth-order valence-corrected chi connectivity index (χ4v) is 5.80. The summed E-state index contributed by atoms with van der Waals surface area (Å²) in [5, 5.41) is 9.78. The van der Waals surface area contributed by atoms with Gasteiger partial charge in [0.2, 0.25) is 0 Å². The molecule has 0 aromatic heterocycles. The minimum Gasteiger partial charge on any atom is -0.414 e. The van der Waals surface area contributed by atoms with Crippen molar-refractivity contribution in [2.24, 2.45) is 17.3 Å². The molecule has 2 aliphatic carbocycles. The lowest BCUT2D eigenvalue weighted by Gasteiger charge is -2.46. The molecule has 2 rings (SSSR count). The number of rotatable bonds is 4. The molecule has 0 spiro atoms. The van der Waals surface area contributed by atoms with Gasteiger partial charge in [-0.15, -0.1) is 0 Å². The summed E-state index contributed by atoms with van der Waals surface area (Å²) in [6, 6.07) is 0. The normalized spacial score (nSPS) is 31.8. The van der Waals surface area contributed by atoms with Gasteiger partial charge in [-0.05, 0) is 70.0 Å². The summed E-state index contributed by atoms with van der Waals surface area (Å²) >= 11 is 0. The molecule has 24 heavy (non-hydrogen) atoms. The summed E-state index contributed by atoms with van der Waals surface area (Å²) < 4.78 is 6.56. The minimum absolute atomic E-state index is 0.276. The number of aliphatic hydroxyl groups is 1. The number of hydrogen-bond donors (Lipinski definition) is 1. The monoisotopic (exact) mass is 348 g/mol. The van der Waals surface area contributed by atoms with Crippen molar-refractivity contribution in [2.75, 3.05) is 0 Å². The predicted molar refractivity (Wildman–Crippen MR) is 104 cm³/mol. The number of allylic oxidation sites excluding steroid dienone is 2. The lowest BCUT2D eigenvalue weighted by Crippen LogP contribution is -2.45. The van der Waals surface area contributed by atoms with Crippen LogP contribution in [0.2, 0.25) is 19.6 Å². The van der Waals surface area contributed by atoms with Gasteiger partial charge in [0, 0.05) is 12.5 Å². The molecule has 2 nitrogen and oxygen atoms in total. The van der Waals surface area contributed by atoms with Gasteiger partial charge in [0.1, 0.15) is 5.60 Å². The standard InChI is InChI=1S/C21H36O2Si/c1-16(10-8-14-20(2,3)22)17-12-13-18-19(23-24(5,6)7)11-9-15-21(17,18)4/h12,16,18-19,22H,9-11,13,15H2,1-7H3/t16-,18-,19-,21+/m0/s1. The van der Waals surface area contributed by atoms with Crippen molar-refractivity contribution in [3.8, 4) is 11.8 Å². The van der Waals surface area contributed by atoms with Gasteiger partial charge in [0.05, 0.1) is 0 Å². The van der Waals surface area contributed by atoms with E-state index in [2.05, 4.69) is 51.4 Å². The Morgan fingerprint density at radius 3 is 2.67 bits per heavy atom. The molecule has 1 fully saturated rings. The summed E-state index contributed by atoms with van der Waals surface area (Å²) in [7, 11) is -1.50. The van der Waals surface area contributed by atoms with Crippen LogP contribution < -0.4 is 0 Å². The Balaban J connectivity index is 2.10. The van der Waals surface area contributed by atoms with Crippen LogP contribution in [0.1, 0.15) is 59.8 Å². The third-order valence-electron chi connectivity index (χ3n) is 5.54. The molecule has 0 heterocycles. The molecule has 0 aliphatic heterocycles. The van der Waals surface area contributed by atoms with Crippen molar-refractivity contribution in [3.05, 3.63) is 11.6 Å². The van der Waals surface area contributed by atoms with Crippen molar-refractivity contribution in [1.82, 2.24) is 0 Å². The van der Waals surface area contributed by atoms with Crippen molar-refractivity contribution in [1.29, 1.82) is 0 Å². The van der Waals surface area contributed by atoms with E-state index < -0.39 is 13.9 Å². The molecule has 0 bridgehead atoms. The molecular weight excluding hydrogens is 312 g/mol.